The van der Waals surface area contributed by atoms with Crippen LogP contribution in [0.1, 0.15) is 24.0 Å². The largest absolute Gasteiger partial charge is 0.380 e. The van der Waals surface area contributed by atoms with Gasteiger partial charge >= 0.3 is 0 Å². The lowest BCUT2D eigenvalue weighted by molar-refractivity contribution is 0.204. The quantitative estimate of drug-likeness (QED) is 0.611. The Kier molecular flexibility index (Phi) is 5.10. The molecular weight excluding hydrogens is 408 g/mol. The number of pyridine rings is 1. The van der Waals surface area contributed by atoms with Crippen LogP contribution >= 0.6 is 0 Å². The normalized spacial score (nSPS) is 23.4. The van der Waals surface area contributed by atoms with Crippen LogP contribution < -0.4 is 10.0 Å². The molecule has 31 heavy (non-hydrogen) atoms. The van der Waals surface area contributed by atoms with Crippen molar-refractivity contribution in [3.8, 4) is 0 Å². The molecule has 1 aromatic heterocycles. The molecule has 1 saturated heterocycles. The molecule has 2 bridgehead atoms. The maximum Gasteiger partial charge on any atom is 0.229 e. The Balaban J connectivity index is 1.34. The number of nitrogens with zero attached hydrogens (tertiary/aromatic N) is 2. The maximum absolute atomic E-state index is 11.7. The van der Waals surface area contributed by atoms with Gasteiger partial charge in [-0.2, -0.15) is 0 Å². The second-order valence-electron chi connectivity index (χ2n) is 8.93. The van der Waals surface area contributed by atoms with Crippen molar-refractivity contribution in [2.75, 3.05) is 22.8 Å². The number of rotatable bonds is 6. The number of anilines is 2. The predicted octanol–water partition coefficient (Wildman–Crippen LogP) is 3.99. The number of hydrogen-bond donors (Lipinski definition) is 2. The van der Waals surface area contributed by atoms with Gasteiger partial charge < -0.3 is 5.32 Å². The van der Waals surface area contributed by atoms with Crippen LogP contribution in [0.5, 0.6) is 0 Å². The Bertz CT molecular complexity index is 1220. The number of aryl methyl sites for hydroxylation is 1. The van der Waals surface area contributed by atoms with Crippen molar-refractivity contribution in [3.63, 3.8) is 0 Å². The van der Waals surface area contributed by atoms with Gasteiger partial charge in [-0.3, -0.25) is 14.6 Å². The third-order valence-corrected chi connectivity index (χ3v) is 7.27. The van der Waals surface area contributed by atoms with Crippen molar-refractivity contribution in [2.24, 2.45) is 5.92 Å². The summed E-state index contributed by atoms with van der Waals surface area (Å²) in [6, 6.07) is 15.4. The first-order chi connectivity index (χ1) is 14.9. The van der Waals surface area contributed by atoms with Crippen LogP contribution in [0.15, 0.2) is 54.9 Å². The van der Waals surface area contributed by atoms with Crippen molar-refractivity contribution in [2.45, 2.75) is 38.4 Å². The fraction of sp³-hybridized carbons (Fsp3) is 0.375. The number of likely N-dealkylation sites (tertiary alicyclic amines) is 1. The Hall–Kier alpha value is -2.64. The Morgan fingerprint density at radius 2 is 2.00 bits per heavy atom. The lowest BCUT2D eigenvalue weighted by atomic mass is 10.0. The summed E-state index contributed by atoms with van der Waals surface area (Å²) in [5.41, 5.74) is 3.92. The molecule has 0 spiro atoms. The van der Waals surface area contributed by atoms with Gasteiger partial charge in [-0.05, 0) is 55.0 Å². The average molecular weight is 437 g/mol. The Morgan fingerprint density at radius 3 is 2.84 bits per heavy atom. The molecule has 162 valence electrons. The smallest absolute Gasteiger partial charge is 0.229 e. The van der Waals surface area contributed by atoms with Gasteiger partial charge in [0.15, 0.2) is 0 Å². The molecule has 0 amide bonds. The zero-order valence-electron chi connectivity index (χ0n) is 17.9. The molecule has 3 aromatic rings. The summed E-state index contributed by atoms with van der Waals surface area (Å²) in [4.78, 5) is 6.79. The van der Waals surface area contributed by atoms with E-state index >= 15 is 0 Å². The second kappa shape index (κ2) is 7.80. The van der Waals surface area contributed by atoms with E-state index in [9.17, 15) is 8.42 Å². The first-order valence-electron chi connectivity index (χ1n) is 10.8. The first-order valence-corrected chi connectivity index (χ1v) is 12.7. The van der Waals surface area contributed by atoms with E-state index in [0.29, 0.717) is 23.7 Å². The van der Waals surface area contributed by atoms with Crippen molar-refractivity contribution < 1.29 is 8.42 Å². The molecule has 2 fully saturated rings. The lowest BCUT2D eigenvalue weighted by Crippen LogP contribution is -2.36. The van der Waals surface area contributed by atoms with Gasteiger partial charge in [-0.15, -0.1) is 0 Å². The van der Waals surface area contributed by atoms with Crippen molar-refractivity contribution in [1.29, 1.82) is 0 Å². The number of hydrogen-bond acceptors (Lipinski definition) is 5. The predicted molar refractivity (Wildman–Crippen MR) is 126 cm³/mol. The van der Waals surface area contributed by atoms with Crippen LogP contribution in [0, 0.1) is 12.8 Å². The number of sulfonamides is 1. The third-order valence-electron chi connectivity index (χ3n) is 6.68. The molecule has 1 saturated carbocycles. The van der Waals surface area contributed by atoms with Gasteiger partial charge in [0.1, 0.15) is 0 Å². The molecule has 7 heteroatoms. The molecule has 2 N–H and O–H groups in total. The number of benzene rings is 2. The van der Waals surface area contributed by atoms with E-state index in [-0.39, 0.29) is 0 Å². The second-order valence-corrected chi connectivity index (χ2v) is 10.7. The summed E-state index contributed by atoms with van der Waals surface area (Å²) in [6.45, 7) is 3.82. The number of fused-ring (bicyclic) bond motifs is 3. The van der Waals surface area contributed by atoms with Gasteiger partial charge in [0, 0.05) is 54.0 Å². The molecule has 0 radical (unpaired) electrons. The van der Waals surface area contributed by atoms with Crippen LogP contribution in [0.3, 0.4) is 0 Å². The third kappa shape index (κ3) is 4.12. The highest BCUT2D eigenvalue weighted by atomic mass is 32.2. The number of nitrogens with one attached hydrogen (secondary N) is 2. The van der Waals surface area contributed by atoms with Crippen LogP contribution in [0.4, 0.5) is 11.4 Å². The van der Waals surface area contributed by atoms with Gasteiger partial charge in [-0.1, -0.05) is 24.3 Å². The average Bonchev–Trinajstić information content (AvgIpc) is 3.26. The van der Waals surface area contributed by atoms with E-state index in [1.807, 2.05) is 31.5 Å². The Morgan fingerprint density at radius 1 is 1.13 bits per heavy atom. The van der Waals surface area contributed by atoms with E-state index in [4.69, 9.17) is 0 Å². The molecule has 1 aliphatic heterocycles. The van der Waals surface area contributed by atoms with E-state index in [0.717, 1.165) is 29.6 Å². The van der Waals surface area contributed by atoms with Crippen LogP contribution in [-0.4, -0.2) is 43.2 Å². The van der Waals surface area contributed by atoms with E-state index in [1.165, 1.54) is 30.2 Å². The van der Waals surface area contributed by atoms with E-state index in [1.54, 1.807) is 0 Å². The Labute approximate surface area is 183 Å². The fourth-order valence-electron chi connectivity index (χ4n) is 5.24. The molecule has 1 aliphatic carbocycles. The standard InChI is InChI=1S/C24H28N4O2S/c1-16-6-7-17(12-22(16)27-31(2,29)30)14-28-15-19-8-9-23(28)24(19)26-21-5-3-4-18-13-25-11-10-20(18)21/h3-7,10-13,19,23-24,26-27H,8-9,14-15H2,1-2H3/t19-,23-,24-/m1/s1. The maximum atomic E-state index is 11.7. The van der Waals surface area contributed by atoms with Crippen molar-refractivity contribution in [3.05, 3.63) is 66.0 Å². The highest BCUT2D eigenvalue weighted by molar-refractivity contribution is 7.92. The summed E-state index contributed by atoms with van der Waals surface area (Å²) in [5.74, 6) is 0.626. The highest BCUT2D eigenvalue weighted by Crippen LogP contribution is 2.41. The minimum Gasteiger partial charge on any atom is -0.380 e. The number of piperidine rings is 1. The molecule has 5 rings (SSSR count). The zero-order valence-corrected chi connectivity index (χ0v) is 18.7. The van der Waals surface area contributed by atoms with Gasteiger partial charge in [-0.25, -0.2) is 8.42 Å². The van der Waals surface area contributed by atoms with Crippen LogP contribution in [-0.2, 0) is 16.6 Å². The minimum absolute atomic E-state index is 0.429. The van der Waals surface area contributed by atoms with E-state index in [2.05, 4.69) is 50.3 Å². The summed E-state index contributed by atoms with van der Waals surface area (Å²) < 4.78 is 26.0. The molecule has 2 aromatic carbocycles. The molecule has 2 heterocycles. The molecule has 2 aliphatic rings. The fourth-order valence-corrected chi connectivity index (χ4v) is 5.86. The van der Waals surface area contributed by atoms with Crippen molar-refractivity contribution in [1.82, 2.24) is 9.88 Å². The van der Waals surface area contributed by atoms with Crippen LogP contribution in [0.25, 0.3) is 10.8 Å². The summed E-state index contributed by atoms with van der Waals surface area (Å²) in [6.07, 6.45) is 7.39. The monoisotopic (exact) mass is 436 g/mol. The van der Waals surface area contributed by atoms with Gasteiger partial charge in [0.25, 0.3) is 0 Å². The zero-order chi connectivity index (χ0) is 21.6. The van der Waals surface area contributed by atoms with Crippen LogP contribution in [0.2, 0.25) is 0 Å². The molecule has 0 unspecified atom stereocenters. The highest BCUT2D eigenvalue weighted by Gasteiger charge is 2.46. The topological polar surface area (TPSA) is 74.3 Å². The van der Waals surface area contributed by atoms with Gasteiger partial charge in [0.2, 0.25) is 10.0 Å². The summed E-state index contributed by atoms with van der Waals surface area (Å²) in [7, 11) is -3.29. The molecular formula is C24H28N4O2S. The van der Waals surface area contributed by atoms with Gasteiger partial charge in [0.05, 0.1) is 11.9 Å². The van der Waals surface area contributed by atoms with E-state index < -0.39 is 10.0 Å². The summed E-state index contributed by atoms with van der Waals surface area (Å²) >= 11 is 0. The van der Waals surface area contributed by atoms with Crippen molar-refractivity contribution >= 4 is 32.2 Å². The SMILES string of the molecule is Cc1ccc(CN2C[C@H]3CC[C@@H]2[C@@H]3Nc2cccc3cnccc23)cc1NS(C)(=O)=O. The molecule has 3 atom stereocenters. The minimum atomic E-state index is -3.29. The lowest BCUT2D eigenvalue weighted by Gasteiger charge is -2.28. The number of aromatic nitrogens is 1. The first kappa shape index (κ1) is 20.3. The summed E-state index contributed by atoms with van der Waals surface area (Å²) in [5, 5.41) is 6.22. The molecule has 6 nitrogen and oxygen atoms in total.